The van der Waals surface area contributed by atoms with Gasteiger partial charge in [0.15, 0.2) is 0 Å². The van der Waals surface area contributed by atoms with E-state index in [0.29, 0.717) is 18.1 Å². The lowest BCUT2D eigenvalue weighted by Crippen LogP contribution is -2.01. The lowest BCUT2D eigenvalue weighted by atomic mass is 10.1. The fourth-order valence-corrected chi connectivity index (χ4v) is 2.10. The molecule has 0 fully saturated rings. The molecule has 0 bridgehead atoms. The van der Waals surface area contributed by atoms with Crippen LogP contribution in [0, 0.1) is 0 Å². The van der Waals surface area contributed by atoms with Crippen molar-refractivity contribution in [1.29, 1.82) is 0 Å². The largest absolute Gasteiger partial charge is 0.497 e. The van der Waals surface area contributed by atoms with E-state index in [1.54, 1.807) is 19.4 Å². The minimum absolute atomic E-state index is 0.162. The first kappa shape index (κ1) is 14.1. The second-order valence-electron chi connectivity index (χ2n) is 4.80. The molecule has 1 aromatic carbocycles. The first-order valence-electron chi connectivity index (χ1n) is 6.89. The SMILES string of the molecule is COc1cccc(CCc2nc(-c3ccc(=O)[nH]c3)no2)c1. The molecule has 6 nitrogen and oxygen atoms in total. The van der Waals surface area contributed by atoms with Crippen molar-refractivity contribution in [3.63, 3.8) is 0 Å². The number of aromatic nitrogens is 3. The summed E-state index contributed by atoms with van der Waals surface area (Å²) < 4.78 is 10.4. The summed E-state index contributed by atoms with van der Waals surface area (Å²) in [5.41, 5.74) is 1.70. The maximum atomic E-state index is 11.0. The summed E-state index contributed by atoms with van der Waals surface area (Å²) in [6.45, 7) is 0. The van der Waals surface area contributed by atoms with E-state index in [2.05, 4.69) is 15.1 Å². The normalized spacial score (nSPS) is 10.6. The van der Waals surface area contributed by atoms with E-state index < -0.39 is 0 Å². The minimum Gasteiger partial charge on any atom is -0.497 e. The molecule has 0 saturated heterocycles. The second kappa shape index (κ2) is 6.26. The summed E-state index contributed by atoms with van der Waals surface area (Å²) in [4.78, 5) is 18.0. The summed E-state index contributed by atoms with van der Waals surface area (Å²) >= 11 is 0. The van der Waals surface area contributed by atoms with Crippen LogP contribution in [0.3, 0.4) is 0 Å². The zero-order valence-corrected chi connectivity index (χ0v) is 12.1. The number of pyridine rings is 1. The van der Waals surface area contributed by atoms with Crippen molar-refractivity contribution in [2.45, 2.75) is 12.8 Å². The zero-order chi connectivity index (χ0) is 15.4. The number of nitrogens with one attached hydrogen (secondary N) is 1. The van der Waals surface area contributed by atoms with Gasteiger partial charge in [-0.1, -0.05) is 17.3 Å². The number of hydrogen-bond acceptors (Lipinski definition) is 5. The van der Waals surface area contributed by atoms with Gasteiger partial charge in [0.25, 0.3) is 0 Å². The first-order chi connectivity index (χ1) is 10.7. The van der Waals surface area contributed by atoms with Crippen LogP contribution in [-0.4, -0.2) is 22.2 Å². The molecule has 0 amide bonds. The van der Waals surface area contributed by atoms with E-state index in [4.69, 9.17) is 9.26 Å². The molecule has 1 N–H and O–H groups in total. The van der Waals surface area contributed by atoms with E-state index in [-0.39, 0.29) is 5.56 Å². The summed E-state index contributed by atoms with van der Waals surface area (Å²) in [6.07, 6.45) is 2.99. The lowest BCUT2D eigenvalue weighted by molar-refractivity contribution is 0.378. The van der Waals surface area contributed by atoms with Gasteiger partial charge in [-0.15, -0.1) is 0 Å². The number of rotatable bonds is 5. The number of benzene rings is 1. The van der Waals surface area contributed by atoms with Crippen LogP contribution < -0.4 is 10.3 Å². The second-order valence-corrected chi connectivity index (χ2v) is 4.80. The Morgan fingerprint density at radius 3 is 2.91 bits per heavy atom. The Balaban J connectivity index is 1.69. The smallest absolute Gasteiger partial charge is 0.247 e. The molecule has 22 heavy (non-hydrogen) atoms. The molecule has 0 saturated carbocycles. The van der Waals surface area contributed by atoms with Crippen LogP contribution in [0.2, 0.25) is 0 Å². The molecule has 0 radical (unpaired) electrons. The molecule has 0 aliphatic carbocycles. The quantitative estimate of drug-likeness (QED) is 0.781. The van der Waals surface area contributed by atoms with Gasteiger partial charge < -0.3 is 14.2 Å². The third-order valence-corrected chi connectivity index (χ3v) is 3.27. The molecule has 2 heterocycles. The first-order valence-corrected chi connectivity index (χ1v) is 6.89. The monoisotopic (exact) mass is 297 g/mol. The standard InChI is InChI=1S/C16H15N3O3/c1-21-13-4-2-3-11(9-13)5-8-15-18-16(19-22-15)12-6-7-14(20)17-10-12/h2-4,6-7,9-10H,5,8H2,1H3,(H,17,20). The highest BCUT2D eigenvalue weighted by Gasteiger charge is 2.09. The molecule has 0 aliphatic rings. The summed E-state index contributed by atoms with van der Waals surface area (Å²) in [5.74, 6) is 1.86. The molecule has 3 aromatic rings. The van der Waals surface area contributed by atoms with Gasteiger partial charge in [-0.2, -0.15) is 4.98 Å². The molecule has 2 aromatic heterocycles. The van der Waals surface area contributed by atoms with Gasteiger partial charge in [0.1, 0.15) is 5.75 Å². The Morgan fingerprint density at radius 1 is 1.23 bits per heavy atom. The molecule has 3 rings (SSSR count). The van der Waals surface area contributed by atoms with Crippen LogP contribution in [-0.2, 0) is 12.8 Å². The molecule has 6 heteroatoms. The number of hydrogen-bond donors (Lipinski definition) is 1. The summed E-state index contributed by atoms with van der Waals surface area (Å²) in [7, 11) is 1.65. The van der Waals surface area contributed by atoms with Crippen molar-refractivity contribution < 1.29 is 9.26 Å². The van der Waals surface area contributed by atoms with Gasteiger partial charge in [-0.3, -0.25) is 4.79 Å². The molecule has 0 spiro atoms. The number of nitrogens with zero attached hydrogens (tertiary/aromatic N) is 2. The molecule has 112 valence electrons. The maximum absolute atomic E-state index is 11.0. The van der Waals surface area contributed by atoms with E-state index in [1.165, 1.54) is 6.07 Å². The van der Waals surface area contributed by atoms with Crippen molar-refractivity contribution in [1.82, 2.24) is 15.1 Å². The fraction of sp³-hybridized carbons (Fsp3) is 0.188. The average Bonchev–Trinajstić information content (AvgIpc) is 3.03. The summed E-state index contributed by atoms with van der Waals surface area (Å²) in [5, 5.41) is 3.93. The Bertz CT molecular complexity index is 803. The maximum Gasteiger partial charge on any atom is 0.247 e. The van der Waals surface area contributed by atoms with E-state index >= 15 is 0 Å². The van der Waals surface area contributed by atoms with Gasteiger partial charge in [0.2, 0.25) is 17.3 Å². The predicted molar refractivity (Wildman–Crippen MR) is 80.8 cm³/mol. The molecule has 0 aliphatic heterocycles. The van der Waals surface area contributed by atoms with E-state index in [1.807, 2.05) is 24.3 Å². The Morgan fingerprint density at radius 2 is 2.14 bits per heavy atom. The Labute approximate surface area is 126 Å². The highest BCUT2D eigenvalue weighted by molar-refractivity contribution is 5.51. The zero-order valence-electron chi connectivity index (χ0n) is 12.1. The van der Waals surface area contributed by atoms with Crippen molar-refractivity contribution in [2.24, 2.45) is 0 Å². The highest BCUT2D eigenvalue weighted by Crippen LogP contribution is 2.16. The van der Waals surface area contributed by atoms with Crippen molar-refractivity contribution >= 4 is 0 Å². The van der Waals surface area contributed by atoms with Gasteiger partial charge in [0, 0.05) is 24.2 Å². The van der Waals surface area contributed by atoms with Crippen LogP contribution in [0.25, 0.3) is 11.4 Å². The number of aromatic amines is 1. The Hall–Kier alpha value is -2.89. The third kappa shape index (κ3) is 3.22. The van der Waals surface area contributed by atoms with E-state index in [9.17, 15) is 4.79 Å². The predicted octanol–water partition coefficient (Wildman–Crippen LogP) is 2.22. The van der Waals surface area contributed by atoms with Crippen LogP contribution in [0.1, 0.15) is 11.5 Å². The topological polar surface area (TPSA) is 81.0 Å². The van der Waals surface area contributed by atoms with Crippen LogP contribution in [0.5, 0.6) is 5.75 Å². The Kier molecular flexibility index (Phi) is 4.00. The molecular formula is C16H15N3O3. The molecule has 0 atom stereocenters. The highest BCUT2D eigenvalue weighted by atomic mass is 16.5. The van der Waals surface area contributed by atoms with Crippen molar-refractivity contribution in [3.05, 3.63) is 64.4 Å². The van der Waals surface area contributed by atoms with Gasteiger partial charge >= 0.3 is 0 Å². The van der Waals surface area contributed by atoms with Crippen LogP contribution in [0.15, 0.2) is 51.9 Å². The van der Waals surface area contributed by atoms with Crippen molar-refractivity contribution in [2.75, 3.05) is 7.11 Å². The third-order valence-electron chi connectivity index (χ3n) is 3.27. The van der Waals surface area contributed by atoms with Gasteiger partial charge in [-0.25, -0.2) is 0 Å². The summed E-state index contributed by atoms with van der Waals surface area (Å²) in [6, 6.07) is 11.0. The fourth-order valence-electron chi connectivity index (χ4n) is 2.10. The number of methoxy groups -OCH3 is 1. The minimum atomic E-state index is -0.162. The van der Waals surface area contributed by atoms with E-state index in [0.717, 1.165) is 23.3 Å². The molecular weight excluding hydrogens is 282 g/mol. The number of aryl methyl sites for hydroxylation is 2. The van der Waals surface area contributed by atoms with Crippen molar-refractivity contribution in [3.8, 4) is 17.1 Å². The van der Waals surface area contributed by atoms with Gasteiger partial charge in [-0.05, 0) is 30.2 Å². The molecule has 0 unspecified atom stereocenters. The number of H-pyrrole nitrogens is 1. The van der Waals surface area contributed by atoms with Gasteiger partial charge in [0.05, 0.1) is 7.11 Å². The average molecular weight is 297 g/mol. The lowest BCUT2D eigenvalue weighted by Gasteiger charge is -2.02. The number of ether oxygens (including phenoxy) is 1. The van der Waals surface area contributed by atoms with Crippen LogP contribution >= 0.6 is 0 Å². The van der Waals surface area contributed by atoms with Crippen LogP contribution in [0.4, 0.5) is 0 Å².